The van der Waals surface area contributed by atoms with Crippen LogP contribution in [0, 0.1) is 13.8 Å². The monoisotopic (exact) mass is 382 g/mol. The van der Waals surface area contributed by atoms with Crippen molar-refractivity contribution >= 4 is 28.8 Å². The second kappa shape index (κ2) is 6.89. The molecular formula is C21H22N2O5. The molecule has 1 aromatic carbocycles. The third-order valence-corrected chi connectivity index (χ3v) is 5.80. The molecule has 1 aliphatic carbocycles. The van der Waals surface area contributed by atoms with Gasteiger partial charge in [0, 0.05) is 17.5 Å². The second-order valence-electron chi connectivity index (χ2n) is 7.66. The number of carbonyl (C=O) groups is 3. The lowest BCUT2D eigenvalue weighted by molar-refractivity contribution is -0.144. The first-order valence-corrected chi connectivity index (χ1v) is 9.60. The summed E-state index contributed by atoms with van der Waals surface area (Å²) in [6.45, 7) is 3.72. The minimum atomic E-state index is -0.833. The number of carbonyl (C=O) groups excluding carboxylic acids is 3. The van der Waals surface area contributed by atoms with Gasteiger partial charge in [0.2, 0.25) is 0 Å². The molecule has 2 fully saturated rings. The quantitative estimate of drug-likeness (QED) is 0.463. The Morgan fingerprint density at radius 3 is 2.32 bits per heavy atom. The molecule has 2 aliphatic rings. The summed E-state index contributed by atoms with van der Waals surface area (Å²) < 4.78 is 5.27. The number of hydrogen-bond acceptors (Lipinski definition) is 5. The van der Waals surface area contributed by atoms with Crippen LogP contribution in [0.3, 0.4) is 0 Å². The highest BCUT2D eigenvalue weighted by Crippen LogP contribution is 2.29. The maximum Gasteiger partial charge on any atom is 0.336 e. The fourth-order valence-electron chi connectivity index (χ4n) is 4.11. The van der Waals surface area contributed by atoms with Crippen molar-refractivity contribution in [2.45, 2.75) is 58.5 Å². The molecule has 28 heavy (non-hydrogen) atoms. The van der Waals surface area contributed by atoms with Crippen LogP contribution in [-0.2, 0) is 16.1 Å². The molecule has 1 aliphatic heterocycles. The van der Waals surface area contributed by atoms with Crippen molar-refractivity contribution in [2.75, 3.05) is 0 Å². The van der Waals surface area contributed by atoms with Gasteiger partial charge in [0.25, 0.3) is 0 Å². The average Bonchev–Trinajstić information content (AvgIpc) is 2.87. The smallest absolute Gasteiger partial charge is 0.336 e. The van der Waals surface area contributed by atoms with Crippen molar-refractivity contribution in [1.82, 2.24) is 9.80 Å². The minimum Gasteiger partial charge on any atom is -0.423 e. The normalized spacial score (nSPS) is 18.6. The van der Waals surface area contributed by atoms with Crippen molar-refractivity contribution in [1.29, 1.82) is 0 Å². The van der Waals surface area contributed by atoms with Gasteiger partial charge in [0.15, 0.2) is 0 Å². The van der Waals surface area contributed by atoms with E-state index in [4.69, 9.17) is 4.42 Å². The molecule has 2 heterocycles. The number of benzene rings is 1. The van der Waals surface area contributed by atoms with Gasteiger partial charge in [-0.05, 0) is 55.5 Å². The lowest BCUT2D eigenvalue weighted by Crippen LogP contribution is -2.42. The van der Waals surface area contributed by atoms with Gasteiger partial charge >= 0.3 is 23.5 Å². The summed E-state index contributed by atoms with van der Waals surface area (Å²) in [6, 6.07) is 4.11. The fraction of sp³-hybridized carbons (Fsp3) is 0.429. The van der Waals surface area contributed by atoms with Gasteiger partial charge in [-0.1, -0.05) is 19.3 Å². The third-order valence-electron chi connectivity index (χ3n) is 5.80. The number of hydrogen-bond donors (Lipinski definition) is 0. The van der Waals surface area contributed by atoms with Crippen molar-refractivity contribution in [3.8, 4) is 0 Å². The summed E-state index contributed by atoms with van der Waals surface area (Å²) >= 11 is 0. The van der Waals surface area contributed by atoms with E-state index in [2.05, 4.69) is 0 Å². The van der Waals surface area contributed by atoms with E-state index in [1.54, 1.807) is 6.07 Å². The number of aryl methyl sites for hydroxylation is 2. The second-order valence-corrected chi connectivity index (χ2v) is 7.66. The number of nitrogens with zero attached hydrogens (tertiary/aromatic N) is 2. The zero-order chi connectivity index (χ0) is 20.0. The van der Waals surface area contributed by atoms with Crippen LogP contribution >= 0.6 is 0 Å². The lowest BCUT2D eigenvalue weighted by Gasteiger charge is -2.28. The van der Waals surface area contributed by atoms with E-state index in [1.807, 2.05) is 19.9 Å². The van der Waals surface area contributed by atoms with E-state index >= 15 is 0 Å². The van der Waals surface area contributed by atoms with Gasteiger partial charge in [-0.25, -0.2) is 9.59 Å². The maximum atomic E-state index is 12.9. The number of fused-ring (bicyclic) bond motifs is 1. The highest BCUT2D eigenvalue weighted by Gasteiger charge is 2.47. The van der Waals surface area contributed by atoms with E-state index in [-0.39, 0.29) is 12.6 Å². The van der Waals surface area contributed by atoms with Crippen LogP contribution < -0.4 is 5.63 Å². The largest absolute Gasteiger partial charge is 0.423 e. The Balaban J connectivity index is 1.70. The zero-order valence-corrected chi connectivity index (χ0v) is 16.0. The SMILES string of the molecule is Cc1cc2oc(=O)cc(CN3C(=O)C(=O)N(C4CCCCC4)C3=O)c2cc1C. The molecule has 0 radical (unpaired) electrons. The van der Waals surface area contributed by atoms with Crippen LogP contribution in [0.15, 0.2) is 27.4 Å². The molecule has 7 heteroatoms. The number of urea groups is 1. The molecule has 0 atom stereocenters. The molecule has 7 nitrogen and oxygen atoms in total. The highest BCUT2D eigenvalue weighted by atomic mass is 16.4. The Bertz CT molecular complexity index is 1050. The Labute approximate surface area is 161 Å². The molecule has 0 spiro atoms. The molecule has 0 unspecified atom stereocenters. The lowest BCUT2D eigenvalue weighted by atomic mass is 9.94. The predicted octanol–water partition coefficient (Wildman–Crippen LogP) is 3.03. The van der Waals surface area contributed by atoms with Crippen LogP contribution in [0.1, 0.15) is 48.8 Å². The Morgan fingerprint density at radius 1 is 0.929 bits per heavy atom. The first-order chi connectivity index (χ1) is 13.4. The molecule has 4 amide bonds. The summed E-state index contributed by atoms with van der Waals surface area (Å²) in [5, 5.41) is 0.659. The topological polar surface area (TPSA) is 87.9 Å². The van der Waals surface area contributed by atoms with Crippen molar-refractivity contribution in [2.24, 2.45) is 0 Å². The van der Waals surface area contributed by atoms with Gasteiger partial charge in [0.05, 0.1) is 6.54 Å². The minimum absolute atomic E-state index is 0.128. The number of amides is 4. The Morgan fingerprint density at radius 2 is 1.61 bits per heavy atom. The summed E-state index contributed by atoms with van der Waals surface area (Å²) in [5.74, 6) is -1.60. The number of rotatable bonds is 3. The van der Waals surface area contributed by atoms with Gasteiger partial charge in [0.1, 0.15) is 5.58 Å². The van der Waals surface area contributed by atoms with Crippen molar-refractivity contribution < 1.29 is 18.8 Å². The standard InChI is InChI=1S/C21H22N2O5/c1-12-8-16-14(10-18(24)28-17(16)9-13(12)2)11-22-19(25)20(26)23(21(22)27)15-6-4-3-5-7-15/h8-10,15H,3-7,11H2,1-2H3. The molecular weight excluding hydrogens is 360 g/mol. The van der Waals surface area contributed by atoms with Crippen LogP contribution in [0.5, 0.6) is 0 Å². The molecule has 1 aromatic heterocycles. The van der Waals surface area contributed by atoms with Crippen molar-refractivity contribution in [3.63, 3.8) is 0 Å². The summed E-state index contributed by atoms with van der Waals surface area (Å²) in [5.41, 5.74) is 2.32. The predicted molar refractivity (Wildman–Crippen MR) is 102 cm³/mol. The highest BCUT2D eigenvalue weighted by molar-refractivity contribution is 6.44. The van der Waals surface area contributed by atoms with Gasteiger partial charge in [-0.2, -0.15) is 0 Å². The molecule has 1 saturated heterocycles. The van der Waals surface area contributed by atoms with Crippen LogP contribution in [0.25, 0.3) is 11.0 Å². The van der Waals surface area contributed by atoms with E-state index in [0.29, 0.717) is 16.5 Å². The van der Waals surface area contributed by atoms with E-state index in [0.717, 1.165) is 53.0 Å². The molecule has 0 bridgehead atoms. The summed E-state index contributed by atoms with van der Waals surface area (Å²) in [7, 11) is 0. The average molecular weight is 382 g/mol. The van der Waals surface area contributed by atoms with E-state index < -0.39 is 23.5 Å². The fourth-order valence-corrected chi connectivity index (χ4v) is 4.11. The molecule has 146 valence electrons. The van der Waals surface area contributed by atoms with E-state index in [9.17, 15) is 19.2 Å². The summed E-state index contributed by atoms with van der Waals surface area (Å²) in [6.07, 6.45) is 4.43. The molecule has 1 saturated carbocycles. The van der Waals surface area contributed by atoms with Gasteiger partial charge < -0.3 is 4.42 Å². The van der Waals surface area contributed by atoms with Gasteiger partial charge in [-0.15, -0.1) is 0 Å². The van der Waals surface area contributed by atoms with Crippen LogP contribution in [0.2, 0.25) is 0 Å². The van der Waals surface area contributed by atoms with Crippen molar-refractivity contribution in [3.05, 3.63) is 45.3 Å². The molecule has 4 rings (SSSR count). The zero-order valence-electron chi connectivity index (χ0n) is 16.0. The summed E-state index contributed by atoms with van der Waals surface area (Å²) in [4.78, 5) is 51.9. The molecule has 0 N–H and O–H groups in total. The molecule has 2 aromatic rings. The first-order valence-electron chi connectivity index (χ1n) is 9.60. The van der Waals surface area contributed by atoms with Gasteiger partial charge in [-0.3, -0.25) is 19.4 Å². The van der Waals surface area contributed by atoms with Crippen LogP contribution in [-0.4, -0.2) is 33.7 Å². The maximum absolute atomic E-state index is 12.9. The Hall–Kier alpha value is -2.96. The van der Waals surface area contributed by atoms with Crippen LogP contribution in [0.4, 0.5) is 4.79 Å². The Kier molecular flexibility index (Phi) is 4.53. The first kappa shape index (κ1) is 18.4. The van der Waals surface area contributed by atoms with E-state index in [1.165, 1.54) is 6.07 Å². The number of imide groups is 2. The third kappa shape index (κ3) is 3.00.